The van der Waals surface area contributed by atoms with E-state index in [0.717, 1.165) is 31.4 Å². The second-order valence-electron chi connectivity index (χ2n) is 5.00. The van der Waals surface area contributed by atoms with E-state index in [2.05, 4.69) is 43.8 Å². The Morgan fingerprint density at radius 3 is 2.40 bits per heavy atom. The molecule has 1 aliphatic carbocycles. The quantitative estimate of drug-likeness (QED) is 0.605. The SMILES string of the molecule is CCN(C1=C(C(=O)S)CCC1)[Si](C)(C)C. The highest BCUT2D eigenvalue weighted by atomic mass is 32.1. The summed E-state index contributed by atoms with van der Waals surface area (Å²) in [6, 6.07) is 0. The monoisotopic (exact) mass is 243 g/mol. The normalized spacial score (nSPS) is 17.1. The highest BCUT2D eigenvalue weighted by molar-refractivity contribution is 7.97. The summed E-state index contributed by atoms with van der Waals surface area (Å²) < 4.78 is 2.46. The minimum Gasteiger partial charge on any atom is -0.401 e. The molecule has 4 heteroatoms. The van der Waals surface area contributed by atoms with E-state index in [1.807, 2.05) is 0 Å². The van der Waals surface area contributed by atoms with Gasteiger partial charge in [0, 0.05) is 17.8 Å². The fourth-order valence-electron chi connectivity index (χ4n) is 2.33. The van der Waals surface area contributed by atoms with Crippen molar-refractivity contribution in [1.82, 2.24) is 4.57 Å². The number of rotatable bonds is 4. The van der Waals surface area contributed by atoms with Crippen LogP contribution in [0.1, 0.15) is 26.2 Å². The van der Waals surface area contributed by atoms with Crippen molar-refractivity contribution in [2.75, 3.05) is 6.54 Å². The van der Waals surface area contributed by atoms with Crippen molar-refractivity contribution in [2.45, 2.75) is 45.8 Å². The van der Waals surface area contributed by atoms with Crippen molar-refractivity contribution in [2.24, 2.45) is 0 Å². The molecule has 0 aliphatic heterocycles. The molecule has 0 heterocycles. The standard InChI is InChI=1S/C11H21NOSSi/c1-5-12(15(2,3)4)10-8-6-7-9(10)11(13)14/h5-8H2,1-4H3,(H,13,14). The van der Waals surface area contributed by atoms with Crippen LogP contribution in [0, 0.1) is 0 Å². The Bertz CT molecular complexity index is 293. The van der Waals surface area contributed by atoms with Gasteiger partial charge in [-0.25, -0.2) is 0 Å². The van der Waals surface area contributed by atoms with E-state index >= 15 is 0 Å². The van der Waals surface area contributed by atoms with Crippen LogP contribution in [0.15, 0.2) is 11.3 Å². The molecule has 0 radical (unpaired) electrons. The van der Waals surface area contributed by atoms with E-state index in [1.165, 1.54) is 5.70 Å². The van der Waals surface area contributed by atoms with Gasteiger partial charge >= 0.3 is 0 Å². The molecule has 0 aromatic heterocycles. The van der Waals surface area contributed by atoms with Gasteiger partial charge < -0.3 is 4.57 Å². The van der Waals surface area contributed by atoms with Crippen molar-refractivity contribution in [3.8, 4) is 0 Å². The Hall–Kier alpha value is -0.223. The van der Waals surface area contributed by atoms with Gasteiger partial charge in [-0.15, -0.1) is 12.6 Å². The van der Waals surface area contributed by atoms with Crippen molar-refractivity contribution >= 4 is 26.0 Å². The summed E-state index contributed by atoms with van der Waals surface area (Å²) >= 11 is 3.97. The van der Waals surface area contributed by atoms with E-state index in [0.29, 0.717) is 0 Å². The van der Waals surface area contributed by atoms with Gasteiger partial charge in [-0.2, -0.15) is 0 Å². The lowest BCUT2D eigenvalue weighted by Gasteiger charge is -2.37. The minimum atomic E-state index is -1.35. The van der Waals surface area contributed by atoms with Crippen LogP contribution in [0.4, 0.5) is 0 Å². The Morgan fingerprint density at radius 2 is 2.00 bits per heavy atom. The van der Waals surface area contributed by atoms with E-state index in [4.69, 9.17) is 0 Å². The summed E-state index contributed by atoms with van der Waals surface area (Å²) in [5, 5.41) is -0.0285. The average molecular weight is 243 g/mol. The molecule has 0 N–H and O–H groups in total. The fraction of sp³-hybridized carbons (Fsp3) is 0.727. The summed E-state index contributed by atoms with van der Waals surface area (Å²) in [5.74, 6) is 0. The van der Waals surface area contributed by atoms with Gasteiger partial charge in [0.1, 0.15) is 8.24 Å². The van der Waals surface area contributed by atoms with Gasteiger partial charge in [-0.1, -0.05) is 19.6 Å². The molecular formula is C11H21NOSSi. The van der Waals surface area contributed by atoms with E-state index < -0.39 is 8.24 Å². The molecule has 15 heavy (non-hydrogen) atoms. The minimum absolute atomic E-state index is 0.0285. The van der Waals surface area contributed by atoms with Crippen molar-refractivity contribution in [3.05, 3.63) is 11.3 Å². The van der Waals surface area contributed by atoms with Gasteiger partial charge in [-0.3, -0.25) is 4.79 Å². The summed E-state index contributed by atoms with van der Waals surface area (Å²) in [7, 11) is -1.35. The van der Waals surface area contributed by atoms with E-state index in [9.17, 15) is 4.79 Å². The van der Waals surface area contributed by atoms with Gasteiger partial charge in [-0.05, 0) is 26.2 Å². The highest BCUT2D eigenvalue weighted by Crippen LogP contribution is 2.32. The highest BCUT2D eigenvalue weighted by Gasteiger charge is 2.30. The largest absolute Gasteiger partial charge is 0.401 e. The molecule has 0 atom stereocenters. The maximum atomic E-state index is 11.4. The third-order valence-corrected chi connectivity index (χ3v) is 5.37. The second-order valence-corrected chi connectivity index (χ2v) is 10.3. The molecular weight excluding hydrogens is 222 g/mol. The Balaban J connectivity index is 3.03. The van der Waals surface area contributed by atoms with Gasteiger partial charge in [0.25, 0.3) is 0 Å². The zero-order chi connectivity index (χ0) is 11.6. The fourth-order valence-corrected chi connectivity index (χ4v) is 4.57. The van der Waals surface area contributed by atoms with Crippen LogP contribution in [0.2, 0.25) is 19.6 Å². The first-order valence-electron chi connectivity index (χ1n) is 5.61. The molecule has 0 amide bonds. The first-order valence-corrected chi connectivity index (χ1v) is 9.50. The molecule has 1 rings (SSSR count). The predicted octanol–water partition coefficient (Wildman–Crippen LogP) is 3.04. The number of hydrogen-bond donors (Lipinski definition) is 1. The second kappa shape index (κ2) is 4.74. The topological polar surface area (TPSA) is 20.3 Å². The number of nitrogens with zero attached hydrogens (tertiary/aromatic N) is 1. The van der Waals surface area contributed by atoms with Crippen LogP contribution in [0.5, 0.6) is 0 Å². The smallest absolute Gasteiger partial charge is 0.214 e. The molecule has 0 saturated heterocycles. The molecule has 86 valence electrons. The first kappa shape index (κ1) is 12.8. The molecule has 0 spiro atoms. The first-order chi connectivity index (χ1) is 6.88. The zero-order valence-electron chi connectivity index (χ0n) is 10.1. The maximum absolute atomic E-state index is 11.4. The van der Waals surface area contributed by atoms with Crippen LogP contribution in [-0.2, 0) is 4.79 Å². The third-order valence-electron chi connectivity index (χ3n) is 2.90. The molecule has 0 unspecified atom stereocenters. The number of allylic oxidation sites excluding steroid dienone is 1. The Kier molecular flexibility index (Phi) is 4.06. The molecule has 1 aliphatic rings. The predicted molar refractivity (Wildman–Crippen MR) is 70.6 cm³/mol. The Morgan fingerprint density at radius 1 is 1.40 bits per heavy atom. The van der Waals surface area contributed by atoms with Crippen LogP contribution >= 0.6 is 12.6 Å². The van der Waals surface area contributed by atoms with Crippen LogP contribution in [-0.4, -0.2) is 24.5 Å². The van der Waals surface area contributed by atoms with Crippen LogP contribution in [0.25, 0.3) is 0 Å². The van der Waals surface area contributed by atoms with Crippen molar-refractivity contribution in [3.63, 3.8) is 0 Å². The third kappa shape index (κ3) is 2.88. The lowest BCUT2D eigenvalue weighted by Crippen LogP contribution is -2.45. The zero-order valence-corrected chi connectivity index (χ0v) is 12.0. The Labute approximate surface area is 99.2 Å². The molecule has 0 fully saturated rings. The number of thiol groups is 1. The maximum Gasteiger partial charge on any atom is 0.214 e. The lowest BCUT2D eigenvalue weighted by atomic mass is 10.2. The number of hydrogen-bond acceptors (Lipinski definition) is 2. The average Bonchev–Trinajstić information content (AvgIpc) is 2.51. The summed E-state index contributed by atoms with van der Waals surface area (Å²) in [6.45, 7) is 10.1. The van der Waals surface area contributed by atoms with Gasteiger partial charge in [0.2, 0.25) is 5.12 Å². The molecule has 0 aromatic carbocycles. The number of carbonyl (C=O) groups is 1. The van der Waals surface area contributed by atoms with Gasteiger partial charge in [0.15, 0.2) is 0 Å². The summed E-state index contributed by atoms with van der Waals surface area (Å²) in [4.78, 5) is 11.4. The van der Waals surface area contributed by atoms with E-state index in [1.54, 1.807) is 0 Å². The number of carbonyl (C=O) groups excluding carboxylic acids is 1. The van der Waals surface area contributed by atoms with Crippen LogP contribution in [0.3, 0.4) is 0 Å². The van der Waals surface area contributed by atoms with Crippen molar-refractivity contribution < 1.29 is 4.79 Å². The van der Waals surface area contributed by atoms with Crippen molar-refractivity contribution in [1.29, 1.82) is 0 Å². The summed E-state index contributed by atoms with van der Waals surface area (Å²) in [5.41, 5.74) is 2.24. The summed E-state index contributed by atoms with van der Waals surface area (Å²) in [6.07, 6.45) is 3.08. The van der Waals surface area contributed by atoms with Gasteiger partial charge in [0.05, 0.1) is 0 Å². The van der Waals surface area contributed by atoms with Crippen LogP contribution < -0.4 is 0 Å². The lowest BCUT2D eigenvalue weighted by molar-refractivity contribution is -0.107. The molecule has 0 bridgehead atoms. The molecule has 0 saturated carbocycles. The molecule has 2 nitrogen and oxygen atoms in total. The molecule has 0 aromatic rings. The van der Waals surface area contributed by atoms with E-state index in [-0.39, 0.29) is 5.12 Å².